The van der Waals surface area contributed by atoms with Crippen LogP contribution in [0, 0.1) is 0 Å². The van der Waals surface area contributed by atoms with Gasteiger partial charge in [0, 0.05) is 64.2 Å². The summed E-state index contributed by atoms with van der Waals surface area (Å²) in [5, 5.41) is 0.840. The van der Waals surface area contributed by atoms with Gasteiger partial charge in [-0.1, -0.05) is 59.8 Å². The van der Waals surface area contributed by atoms with Gasteiger partial charge >= 0.3 is 0 Å². The van der Waals surface area contributed by atoms with E-state index in [-0.39, 0.29) is 0 Å². The van der Waals surface area contributed by atoms with Crippen LogP contribution in [0.3, 0.4) is 0 Å². The lowest BCUT2D eigenvalue weighted by Crippen LogP contribution is -2.48. The van der Waals surface area contributed by atoms with Crippen molar-refractivity contribution in [1.29, 1.82) is 0 Å². The van der Waals surface area contributed by atoms with Crippen LogP contribution in [-0.4, -0.2) is 48.3 Å². The number of hydrogen-bond donors (Lipinski definition) is 0. The largest absolute Gasteiger partial charge is 0.300 e. The van der Waals surface area contributed by atoms with Crippen LogP contribution < -0.4 is 0 Å². The first-order chi connectivity index (χ1) is 15.3. The first-order valence-corrected chi connectivity index (χ1v) is 13.1. The van der Waals surface area contributed by atoms with Crippen LogP contribution in [0.4, 0.5) is 0 Å². The van der Waals surface area contributed by atoms with Gasteiger partial charge in [-0.3, -0.25) is 9.80 Å². The molecular formula is C26H27ClN2S2. The van der Waals surface area contributed by atoms with Crippen LogP contribution in [0.5, 0.6) is 0 Å². The van der Waals surface area contributed by atoms with Crippen molar-refractivity contribution in [3.8, 4) is 0 Å². The molecule has 1 saturated heterocycles. The van der Waals surface area contributed by atoms with Crippen molar-refractivity contribution in [2.24, 2.45) is 0 Å². The van der Waals surface area contributed by atoms with Crippen molar-refractivity contribution in [2.45, 2.75) is 27.1 Å². The van der Waals surface area contributed by atoms with Gasteiger partial charge in [0.05, 0.1) is 0 Å². The number of halogens is 1. The molecule has 0 unspecified atom stereocenters. The number of hydrogen-bond acceptors (Lipinski definition) is 4. The summed E-state index contributed by atoms with van der Waals surface area (Å²) >= 11 is 10.3. The lowest BCUT2D eigenvalue weighted by atomic mass is 9.96. The summed E-state index contributed by atoms with van der Waals surface area (Å²) in [5.74, 6) is 1.15. The van der Waals surface area contributed by atoms with Gasteiger partial charge in [-0.15, -0.1) is 11.8 Å². The van der Waals surface area contributed by atoms with Crippen molar-refractivity contribution in [1.82, 2.24) is 9.80 Å². The van der Waals surface area contributed by atoms with Gasteiger partial charge in [0.15, 0.2) is 0 Å². The summed E-state index contributed by atoms with van der Waals surface area (Å²) < 4.78 is 0. The molecule has 3 aromatic rings. The maximum Gasteiger partial charge on any atom is 0.0410 e. The highest BCUT2D eigenvalue weighted by molar-refractivity contribution is 7.99. The molecule has 2 heterocycles. The molecule has 0 radical (unpaired) electrons. The summed E-state index contributed by atoms with van der Waals surface area (Å²) in [6.45, 7) is 5.64. The molecule has 2 aliphatic rings. The lowest BCUT2D eigenvalue weighted by molar-refractivity contribution is 0.0984. The Morgan fingerprint density at radius 1 is 0.871 bits per heavy atom. The van der Waals surface area contributed by atoms with Crippen molar-refractivity contribution in [3.05, 3.63) is 88.9 Å². The second kappa shape index (κ2) is 10.0. The molecule has 0 aromatic heterocycles. The lowest BCUT2D eigenvalue weighted by Gasteiger charge is -2.39. The molecule has 1 fully saturated rings. The van der Waals surface area contributed by atoms with Gasteiger partial charge in [0.2, 0.25) is 0 Å². The molecule has 3 aromatic carbocycles. The minimum atomic E-state index is 0.394. The minimum Gasteiger partial charge on any atom is -0.300 e. The number of rotatable bonds is 5. The maximum atomic E-state index is 6.44. The third-order valence-corrected chi connectivity index (χ3v) is 8.64. The van der Waals surface area contributed by atoms with Crippen LogP contribution >= 0.6 is 35.1 Å². The maximum absolute atomic E-state index is 6.44. The minimum absolute atomic E-state index is 0.394. The third-order valence-electron chi connectivity index (χ3n) is 6.20. The van der Waals surface area contributed by atoms with Gasteiger partial charge in [-0.05, 0) is 53.9 Å². The summed E-state index contributed by atoms with van der Waals surface area (Å²) in [7, 11) is 0. The van der Waals surface area contributed by atoms with E-state index in [9.17, 15) is 0 Å². The molecule has 0 amide bonds. The second-order valence-electron chi connectivity index (χ2n) is 8.15. The first kappa shape index (κ1) is 21.4. The molecule has 0 aliphatic carbocycles. The molecule has 0 spiro atoms. The fourth-order valence-corrected chi connectivity index (χ4v) is 6.75. The number of piperazine rings is 1. The number of benzene rings is 3. The Kier molecular flexibility index (Phi) is 6.92. The Hall–Kier alpha value is -1.43. The van der Waals surface area contributed by atoms with Crippen molar-refractivity contribution < 1.29 is 0 Å². The summed E-state index contributed by atoms with van der Waals surface area (Å²) in [6.07, 6.45) is 1.06. The summed E-state index contributed by atoms with van der Waals surface area (Å²) in [5.41, 5.74) is 2.84. The molecule has 0 bridgehead atoms. The molecule has 1 atom stereocenters. The van der Waals surface area contributed by atoms with E-state index in [1.165, 1.54) is 25.8 Å². The number of nitrogens with zero attached hydrogens (tertiary/aromatic N) is 2. The zero-order valence-electron chi connectivity index (χ0n) is 17.5. The predicted octanol–water partition coefficient (Wildman–Crippen LogP) is 6.50. The summed E-state index contributed by atoms with van der Waals surface area (Å²) in [6, 6.07) is 26.4. The quantitative estimate of drug-likeness (QED) is 0.396. The predicted molar refractivity (Wildman–Crippen MR) is 134 cm³/mol. The van der Waals surface area contributed by atoms with Crippen LogP contribution in [0.1, 0.15) is 17.2 Å². The van der Waals surface area contributed by atoms with Crippen molar-refractivity contribution in [2.75, 3.05) is 38.5 Å². The Morgan fingerprint density at radius 3 is 2.48 bits per heavy atom. The zero-order valence-corrected chi connectivity index (χ0v) is 19.9. The van der Waals surface area contributed by atoms with Gasteiger partial charge in [-0.2, -0.15) is 0 Å². The smallest absolute Gasteiger partial charge is 0.0410 e. The molecule has 160 valence electrons. The molecule has 0 N–H and O–H groups in total. The van der Waals surface area contributed by atoms with E-state index < -0.39 is 0 Å². The molecule has 2 aliphatic heterocycles. The number of thioether (sulfide) groups is 1. The second-order valence-corrected chi connectivity index (χ2v) is 10.8. The zero-order chi connectivity index (χ0) is 21.0. The first-order valence-electron chi connectivity index (χ1n) is 11.0. The van der Waals surface area contributed by atoms with E-state index in [1.807, 2.05) is 29.6 Å². The third kappa shape index (κ3) is 5.15. The molecule has 2 nitrogen and oxygen atoms in total. The van der Waals surface area contributed by atoms with E-state index in [0.29, 0.717) is 6.04 Å². The highest BCUT2D eigenvalue weighted by Gasteiger charge is 2.30. The molecular weight excluding hydrogens is 440 g/mol. The van der Waals surface area contributed by atoms with E-state index in [2.05, 4.69) is 76.5 Å². The normalized spacial score (nSPS) is 19.5. The van der Waals surface area contributed by atoms with Crippen LogP contribution in [0.15, 0.2) is 87.5 Å². The fourth-order valence-electron chi connectivity index (χ4n) is 4.52. The SMILES string of the molecule is Clc1ccc2c(c1)[C@@H](N1CCN(CCSc3ccccc3)CC1)Cc1ccccc1S2. The molecule has 31 heavy (non-hydrogen) atoms. The Morgan fingerprint density at radius 2 is 1.65 bits per heavy atom. The topological polar surface area (TPSA) is 6.48 Å². The highest BCUT2D eigenvalue weighted by atomic mass is 35.5. The monoisotopic (exact) mass is 466 g/mol. The van der Waals surface area contributed by atoms with Gasteiger partial charge in [-0.25, -0.2) is 0 Å². The fraction of sp³-hybridized carbons (Fsp3) is 0.308. The number of fused-ring (bicyclic) bond motifs is 2. The van der Waals surface area contributed by atoms with Crippen molar-refractivity contribution >= 4 is 35.1 Å². The highest BCUT2D eigenvalue weighted by Crippen LogP contribution is 2.43. The van der Waals surface area contributed by atoms with Crippen molar-refractivity contribution in [3.63, 3.8) is 0 Å². The van der Waals surface area contributed by atoms with E-state index >= 15 is 0 Å². The van der Waals surface area contributed by atoms with Crippen LogP contribution in [-0.2, 0) is 6.42 Å². The van der Waals surface area contributed by atoms with E-state index in [1.54, 1.807) is 0 Å². The molecule has 5 rings (SSSR count). The average molecular weight is 467 g/mol. The van der Waals surface area contributed by atoms with E-state index in [4.69, 9.17) is 11.6 Å². The van der Waals surface area contributed by atoms with Crippen LogP contribution in [0.25, 0.3) is 0 Å². The average Bonchev–Trinajstić information content (AvgIpc) is 2.97. The Labute approximate surface area is 199 Å². The standard InChI is InChI=1S/C26H27ClN2S2/c27-21-10-11-26-23(19-21)24(18-20-6-4-5-9-25(20)31-26)29-14-12-28(13-15-29)16-17-30-22-7-2-1-3-8-22/h1-11,19,24H,12-18H2/t24-/m0/s1. The molecule has 5 heteroatoms. The van der Waals surface area contributed by atoms with E-state index in [0.717, 1.165) is 49.9 Å². The Balaban J connectivity index is 1.25. The summed E-state index contributed by atoms with van der Waals surface area (Å²) in [4.78, 5) is 9.39. The van der Waals surface area contributed by atoms with Gasteiger partial charge < -0.3 is 0 Å². The van der Waals surface area contributed by atoms with Gasteiger partial charge in [0.1, 0.15) is 0 Å². The van der Waals surface area contributed by atoms with Crippen LogP contribution in [0.2, 0.25) is 5.02 Å². The Bertz CT molecular complexity index is 1020. The molecule has 0 saturated carbocycles. The van der Waals surface area contributed by atoms with Gasteiger partial charge in [0.25, 0.3) is 0 Å².